The van der Waals surface area contributed by atoms with Crippen molar-refractivity contribution in [3.05, 3.63) is 21.8 Å². The van der Waals surface area contributed by atoms with Crippen LogP contribution in [0.3, 0.4) is 0 Å². The van der Waals surface area contributed by atoms with Gasteiger partial charge in [-0.3, -0.25) is 4.79 Å². The number of aromatic nitrogens is 2. The van der Waals surface area contributed by atoms with Crippen LogP contribution in [0.25, 0.3) is 11.0 Å². The number of halogens is 1. The molecule has 3 rings (SSSR count). The summed E-state index contributed by atoms with van der Waals surface area (Å²) in [6.45, 7) is 3.50. The quantitative estimate of drug-likeness (QED) is 0.611. The molecule has 0 bridgehead atoms. The van der Waals surface area contributed by atoms with Gasteiger partial charge in [0.15, 0.2) is 5.16 Å². The lowest BCUT2D eigenvalue weighted by Gasteiger charge is -2.26. The van der Waals surface area contributed by atoms with Gasteiger partial charge in [-0.2, -0.15) is 0 Å². The highest BCUT2D eigenvalue weighted by Gasteiger charge is 2.35. The fourth-order valence-electron chi connectivity index (χ4n) is 2.61. The van der Waals surface area contributed by atoms with Crippen molar-refractivity contribution in [2.24, 2.45) is 0 Å². The highest BCUT2D eigenvalue weighted by atomic mass is 127. The first-order valence-electron chi connectivity index (χ1n) is 6.60. The molecule has 1 aromatic heterocycles. The Morgan fingerprint density at radius 1 is 1.62 bits per heavy atom. The molecule has 0 saturated carbocycles. The van der Waals surface area contributed by atoms with Gasteiger partial charge in [-0.05, 0) is 54.1 Å². The Morgan fingerprint density at radius 3 is 3.10 bits per heavy atom. The number of aliphatic carboxylic acids is 1. The van der Waals surface area contributed by atoms with Crippen molar-refractivity contribution in [2.45, 2.75) is 24.0 Å². The molecule has 21 heavy (non-hydrogen) atoms. The molecule has 1 atom stereocenters. The van der Waals surface area contributed by atoms with Gasteiger partial charge in [0.25, 0.3) is 0 Å². The Morgan fingerprint density at radius 2 is 2.43 bits per heavy atom. The van der Waals surface area contributed by atoms with Crippen molar-refractivity contribution in [1.82, 2.24) is 9.55 Å². The van der Waals surface area contributed by atoms with Crippen LogP contribution in [0.2, 0.25) is 0 Å². The van der Waals surface area contributed by atoms with Crippen molar-refractivity contribution >= 4 is 51.4 Å². The summed E-state index contributed by atoms with van der Waals surface area (Å²) in [5.41, 5.74) is 1.78. The molecule has 5 nitrogen and oxygen atoms in total. The highest BCUT2D eigenvalue weighted by molar-refractivity contribution is 14.1. The van der Waals surface area contributed by atoms with Crippen molar-refractivity contribution in [3.63, 3.8) is 0 Å². The number of imidazole rings is 1. The van der Waals surface area contributed by atoms with Crippen LogP contribution in [0.1, 0.15) is 13.3 Å². The van der Waals surface area contributed by atoms with Crippen molar-refractivity contribution < 1.29 is 14.6 Å². The van der Waals surface area contributed by atoms with Crippen LogP contribution in [-0.2, 0) is 15.1 Å². The van der Waals surface area contributed by atoms with E-state index < -0.39 is 5.97 Å². The maximum atomic E-state index is 10.9. The number of benzene rings is 1. The SMILES string of the molecule is CC1(n2c(SCC(=O)O)nc3cc(I)ccc32)CCOC1. The fourth-order valence-corrected chi connectivity index (χ4v) is 3.95. The summed E-state index contributed by atoms with van der Waals surface area (Å²) in [6.07, 6.45) is 0.908. The molecule has 2 aromatic rings. The van der Waals surface area contributed by atoms with Gasteiger partial charge in [0.05, 0.1) is 28.9 Å². The summed E-state index contributed by atoms with van der Waals surface area (Å²) < 4.78 is 8.83. The Bertz CT molecular complexity index is 695. The lowest BCUT2D eigenvalue weighted by Crippen LogP contribution is -2.31. The summed E-state index contributed by atoms with van der Waals surface area (Å²) in [6, 6.07) is 6.13. The minimum atomic E-state index is -0.832. The summed E-state index contributed by atoms with van der Waals surface area (Å²) in [5.74, 6) is -0.821. The molecule has 1 aliphatic rings. The zero-order valence-electron chi connectivity index (χ0n) is 11.5. The predicted molar refractivity (Wildman–Crippen MR) is 89.9 cm³/mol. The monoisotopic (exact) mass is 418 g/mol. The van der Waals surface area contributed by atoms with E-state index in [4.69, 9.17) is 9.84 Å². The number of hydrogen-bond donors (Lipinski definition) is 1. The van der Waals surface area contributed by atoms with Gasteiger partial charge in [0, 0.05) is 10.2 Å². The molecule has 0 aliphatic carbocycles. The van der Waals surface area contributed by atoms with E-state index >= 15 is 0 Å². The van der Waals surface area contributed by atoms with Crippen LogP contribution in [0.5, 0.6) is 0 Å². The van der Waals surface area contributed by atoms with E-state index in [1.807, 2.05) is 12.1 Å². The first-order chi connectivity index (χ1) is 9.99. The van der Waals surface area contributed by atoms with E-state index in [1.54, 1.807) is 0 Å². The molecule has 0 spiro atoms. The van der Waals surface area contributed by atoms with Crippen LogP contribution in [0.15, 0.2) is 23.4 Å². The van der Waals surface area contributed by atoms with Crippen LogP contribution < -0.4 is 0 Å². The van der Waals surface area contributed by atoms with Crippen LogP contribution >= 0.6 is 34.4 Å². The second-order valence-electron chi connectivity index (χ2n) is 5.34. The minimum Gasteiger partial charge on any atom is -0.481 e. The third-order valence-corrected chi connectivity index (χ3v) is 5.24. The van der Waals surface area contributed by atoms with E-state index in [0.29, 0.717) is 6.61 Å². The molecule has 112 valence electrons. The highest BCUT2D eigenvalue weighted by Crippen LogP contribution is 2.36. The molecule has 1 N–H and O–H groups in total. The summed E-state index contributed by atoms with van der Waals surface area (Å²) >= 11 is 3.52. The summed E-state index contributed by atoms with van der Waals surface area (Å²) in [7, 11) is 0. The number of ether oxygens (including phenoxy) is 1. The van der Waals surface area contributed by atoms with E-state index in [0.717, 1.165) is 32.8 Å². The van der Waals surface area contributed by atoms with E-state index in [-0.39, 0.29) is 11.3 Å². The largest absolute Gasteiger partial charge is 0.481 e. The predicted octanol–water partition coefficient (Wildman–Crippen LogP) is 2.95. The average molecular weight is 418 g/mol. The van der Waals surface area contributed by atoms with Crippen molar-refractivity contribution in [3.8, 4) is 0 Å². The zero-order chi connectivity index (χ0) is 15.0. The van der Waals surface area contributed by atoms with Gasteiger partial charge in [0.1, 0.15) is 0 Å². The fraction of sp³-hybridized carbons (Fsp3) is 0.429. The third-order valence-electron chi connectivity index (χ3n) is 3.65. The lowest BCUT2D eigenvalue weighted by atomic mass is 10.0. The van der Waals surface area contributed by atoms with Gasteiger partial charge in [0.2, 0.25) is 0 Å². The molecular weight excluding hydrogens is 403 g/mol. The van der Waals surface area contributed by atoms with Crippen molar-refractivity contribution in [2.75, 3.05) is 19.0 Å². The first-order valence-corrected chi connectivity index (χ1v) is 8.67. The molecule has 1 unspecified atom stereocenters. The van der Waals surface area contributed by atoms with Gasteiger partial charge >= 0.3 is 5.97 Å². The van der Waals surface area contributed by atoms with Gasteiger partial charge < -0.3 is 14.4 Å². The molecule has 1 saturated heterocycles. The summed E-state index contributed by atoms with van der Waals surface area (Å²) in [4.78, 5) is 15.5. The Kier molecular flexibility index (Phi) is 4.15. The number of thioether (sulfide) groups is 1. The lowest BCUT2D eigenvalue weighted by molar-refractivity contribution is -0.133. The second kappa shape index (κ2) is 5.77. The number of hydrogen-bond acceptors (Lipinski definition) is 4. The van der Waals surface area contributed by atoms with Crippen LogP contribution in [0, 0.1) is 3.57 Å². The maximum Gasteiger partial charge on any atom is 0.313 e. The number of carboxylic acids is 1. The molecule has 2 heterocycles. The number of fused-ring (bicyclic) bond motifs is 1. The molecule has 0 radical (unpaired) electrons. The molecule has 1 aliphatic heterocycles. The number of nitrogens with zero attached hydrogens (tertiary/aromatic N) is 2. The average Bonchev–Trinajstić information content (AvgIpc) is 3.00. The van der Waals surface area contributed by atoms with E-state index in [2.05, 4.69) is 45.1 Å². The topological polar surface area (TPSA) is 64.4 Å². The van der Waals surface area contributed by atoms with Crippen LogP contribution in [0.4, 0.5) is 0 Å². The third kappa shape index (κ3) is 2.91. The van der Waals surface area contributed by atoms with Gasteiger partial charge in [-0.25, -0.2) is 4.98 Å². The Balaban J connectivity index is 2.13. The van der Waals surface area contributed by atoms with E-state index in [1.165, 1.54) is 11.8 Å². The number of carbonyl (C=O) groups is 1. The molecular formula is C14H15IN2O3S. The van der Waals surface area contributed by atoms with E-state index in [9.17, 15) is 4.79 Å². The number of rotatable bonds is 4. The molecule has 0 amide bonds. The molecule has 1 aromatic carbocycles. The normalized spacial score (nSPS) is 22.0. The minimum absolute atomic E-state index is 0.0113. The standard InChI is InChI=1S/C14H15IN2O3S/c1-14(4-5-20-8-14)17-11-3-2-9(15)6-10(11)16-13(17)21-7-12(18)19/h2-3,6H,4-5,7-8H2,1H3,(H,18,19). The number of carboxylic acid groups (broad SMARTS) is 1. The summed E-state index contributed by atoms with van der Waals surface area (Å²) in [5, 5.41) is 9.68. The second-order valence-corrected chi connectivity index (χ2v) is 7.53. The van der Waals surface area contributed by atoms with Gasteiger partial charge in [-0.1, -0.05) is 11.8 Å². The maximum absolute atomic E-state index is 10.9. The smallest absolute Gasteiger partial charge is 0.313 e. The Hall–Kier alpha value is -0.800. The van der Waals surface area contributed by atoms with Gasteiger partial charge in [-0.15, -0.1) is 0 Å². The first kappa shape index (κ1) is 15.1. The Labute approximate surface area is 140 Å². The zero-order valence-corrected chi connectivity index (χ0v) is 14.5. The molecule has 1 fully saturated rings. The molecule has 7 heteroatoms. The van der Waals surface area contributed by atoms with Crippen molar-refractivity contribution in [1.29, 1.82) is 0 Å². The van der Waals surface area contributed by atoms with Crippen LogP contribution in [-0.4, -0.2) is 39.6 Å².